The monoisotopic (exact) mass is 600 g/mol. The van der Waals surface area contributed by atoms with E-state index in [0.29, 0.717) is 37.1 Å². The quantitative estimate of drug-likeness (QED) is 0.174. The molecular weight excluding hydrogens is 568 g/mol. The lowest BCUT2D eigenvalue weighted by molar-refractivity contribution is 0.101. The number of alkyl halides is 2. The molecule has 34 heavy (non-hydrogen) atoms. The molecule has 0 N–H and O–H groups in total. The van der Waals surface area contributed by atoms with Gasteiger partial charge in [-0.05, 0) is 74.2 Å². The van der Waals surface area contributed by atoms with Crippen molar-refractivity contribution in [3.8, 4) is 11.5 Å². The molecule has 0 bridgehead atoms. The summed E-state index contributed by atoms with van der Waals surface area (Å²) in [5.41, 5.74) is 5.34. The SMILES string of the molecule is COCCOc1cc(C)c(C(=O)CBr)c(C)c1.COCCOc1cc(C)c(C(=O)CBr)c(C)c1. The maximum absolute atomic E-state index is 11.7. The van der Waals surface area contributed by atoms with Gasteiger partial charge in [-0.3, -0.25) is 9.59 Å². The predicted molar refractivity (Wildman–Crippen MR) is 143 cm³/mol. The molecule has 0 aliphatic rings. The predicted octanol–water partition coefficient (Wildman–Crippen LogP) is 5.81. The smallest absolute Gasteiger partial charge is 0.173 e. The summed E-state index contributed by atoms with van der Waals surface area (Å²) in [7, 11) is 3.27. The fourth-order valence-corrected chi connectivity index (χ4v) is 4.07. The van der Waals surface area contributed by atoms with Gasteiger partial charge in [0.1, 0.15) is 24.7 Å². The second-order valence-electron chi connectivity index (χ2n) is 7.66. The van der Waals surface area contributed by atoms with E-state index in [1.165, 1.54) is 0 Å². The van der Waals surface area contributed by atoms with E-state index in [0.717, 1.165) is 44.9 Å². The van der Waals surface area contributed by atoms with E-state index in [1.807, 2.05) is 52.0 Å². The van der Waals surface area contributed by atoms with Gasteiger partial charge in [0, 0.05) is 25.3 Å². The zero-order valence-electron chi connectivity index (χ0n) is 20.8. The lowest BCUT2D eigenvalue weighted by Crippen LogP contribution is -2.08. The van der Waals surface area contributed by atoms with Crippen LogP contribution in [-0.4, -0.2) is 62.9 Å². The lowest BCUT2D eigenvalue weighted by Gasteiger charge is -2.12. The van der Waals surface area contributed by atoms with E-state index in [9.17, 15) is 9.59 Å². The van der Waals surface area contributed by atoms with Crippen molar-refractivity contribution in [2.24, 2.45) is 0 Å². The molecule has 0 atom stereocenters. The zero-order chi connectivity index (χ0) is 25.7. The summed E-state index contributed by atoms with van der Waals surface area (Å²) in [6.07, 6.45) is 0. The molecule has 0 saturated heterocycles. The van der Waals surface area contributed by atoms with Gasteiger partial charge in [0.2, 0.25) is 0 Å². The molecule has 0 unspecified atom stereocenters. The van der Waals surface area contributed by atoms with Crippen molar-refractivity contribution in [2.75, 3.05) is 51.3 Å². The van der Waals surface area contributed by atoms with Crippen molar-refractivity contribution in [3.05, 3.63) is 57.6 Å². The summed E-state index contributed by atoms with van der Waals surface area (Å²) in [4.78, 5) is 23.4. The molecular formula is C26H34Br2O6. The van der Waals surface area contributed by atoms with Crippen LogP contribution in [0.2, 0.25) is 0 Å². The number of carbonyl (C=O) groups excluding carboxylic acids is 2. The van der Waals surface area contributed by atoms with Gasteiger partial charge in [-0.1, -0.05) is 31.9 Å². The standard InChI is InChI=1S/2C13H17BrO3/c2*1-9-6-11(17-5-4-16-3)7-10(2)13(9)12(15)8-14/h2*6-7H,4-5,8H2,1-3H3. The van der Waals surface area contributed by atoms with Crippen molar-refractivity contribution in [2.45, 2.75) is 27.7 Å². The number of hydrogen-bond acceptors (Lipinski definition) is 6. The number of hydrogen-bond donors (Lipinski definition) is 0. The highest BCUT2D eigenvalue weighted by Crippen LogP contribution is 2.24. The Kier molecular flexibility index (Phi) is 14.3. The fourth-order valence-electron chi connectivity index (χ4n) is 3.51. The summed E-state index contributed by atoms with van der Waals surface area (Å²) in [5.74, 6) is 1.76. The van der Waals surface area contributed by atoms with Gasteiger partial charge < -0.3 is 18.9 Å². The van der Waals surface area contributed by atoms with Crippen LogP contribution in [0.5, 0.6) is 11.5 Å². The molecule has 188 valence electrons. The Labute approximate surface area is 219 Å². The molecule has 0 radical (unpaired) electrons. The van der Waals surface area contributed by atoms with Gasteiger partial charge in [0.15, 0.2) is 11.6 Å². The van der Waals surface area contributed by atoms with Crippen LogP contribution in [0.1, 0.15) is 43.0 Å². The second kappa shape index (κ2) is 16.0. The van der Waals surface area contributed by atoms with Crippen LogP contribution in [0.15, 0.2) is 24.3 Å². The normalized spacial score (nSPS) is 10.4. The summed E-state index contributed by atoms with van der Waals surface area (Å²) < 4.78 is 20.9. The first-order valence-electron chi connectivity index (χ1n) is 10.8. The van der Waals surface area contributed by atoms with Crippen LogP contribution in [0.25, 0.3) is 0 Å². The Balaban J connectivity index is 0.000000340. The average Bonchev–Trinajstić information content (AvgIpc) is 2.78. The number of rotatable bonds is 12. The van der Waals surface area contributed by atoms with Crippen molar-refractivity contribution in [1.82, 2.24) is 0 Å². The molecule has 8 heteroatoms. The van der Waals surface area contributed by atoms with E-state index in [-0.39, 0.29) is 11.6 Å². The molecule has 0 spiro atoms. The molecule has 0 heterocycles. The number of Topliss-reactive ketones (excluding diaryl/α,β-unsaturated/α-hetero) is 2. The van der Waals surface area contributed by atoms with Crippen LogP contribution in [0, 0.1) is 27.7 Å². The maximum atomic E-state index is 11.7. The van der Waals surface area contributed by atoms with Crippen molar-refractivity contribution >= 4 is 43.4 Å². The first-order chi connectivity index (χ1) is 16.2. The number of methoxy groups -OCH3 is 2. The Morgan fingerprint density at radius 3 is 1.15 bits per heavy atom. The third-order valence-corrected chi connectivity index (χ3v) is 5.94. The highest BCUT2D eigenvalue weighted by Gasteiger charge is 2.13. The zero-order valence-corrected chi connectivity index (χ0v) is 23.9. The van der Waals surface area contributed by atoms with E-state index in [2.05, 4.69) is 31.9 Å². The van der Waals surface area contributed by atoms with Crippen LogP contribution in [0.3, 0.4) is 0 Å². The third kappa shape index (κ3) is 9.49. The Morgan fingerprint density at radius 2 is 0.912 bits per heavy atom. The van der Waals surface area contributed by atoms with Gasteiger partial charge >= 0.3 is 0 Å². The van der Waals surface area contributed by atoms with Gasteiger partial charge in [0.25, 0.3) is 0 Å². The minimum atomic E-state index is 0.100. The van der Waals surface area contributed by atoms with E-state index >= 15 is 0 Å². The molecule has 0 fully saturated rings. The average molecular weight is 602 g/mol. The first-order valence-corrected chi connectivity index (χ1v) is 13.1. The number of carbonyl (C=O) groups is 2. The minimum Gasteiger partial charge on any atom is -0.491 e. The molecule has 0 saturated carbocycles. The molecule has 6 nitrogen and oxygen atoms in total. The molecule has 2 aromatic rings. The first kappa shape index (κ1) is 30.3. The molecule has 0 amide bonds. The van der Waals surface area contributed by atoms with E-state index in [4.69, 9.17) is 18.9 Å². The Morgan fingerprint density at radius 1 is 0.618 bits per heavy atom. The molecule has 0 aliphatic carbocycles. The fraction of sp³-hybridized carbons (Fsp3) is 0.462. The Bertz CT molecular complexity index is 835. The van der Waals surface area contributed by atoms with Crippen LogP contribution >= 0.6 is 31.9 Å². The molecule has 2 rings (SSSR count). The minimum absolute atomic E-state index is 0.100. The Hall–Kier alpha value is -1.74. The summed E-state index contributed by atoms with van der Waals surface area (Å²) in [5, 5.41) is 0.692. The number of ether oxygens (including phenoxy) is 4. The second-order valence-corrected chi connectivity index (χ2v) is 8.78. The lowest BCUT2D eigenvalue weighted by atomic mass is 9.99. The van der Waals surface area contributed by atoms with E-state index < -0.39 is 0 Å². The van der Waals surface area contributed by atoms with Crippen molar-refractivity contribution in [3.63, 3.8) is 0 Å². The summed E-state index contributed by atoms with van der Waals surface area (Å²) in [6.45, 7) is 9.83. The van der Waals surface area contributed by atoms with Gasteiger partial charge in [0.05, 0.1) is 23.9 Å². The van der Waals surface area contributed by atoms with E-state index in [1.54, 1.807) is 14.2 Å². The van der Waals surface area contributed by atoms with Crippen molar-refractivity contribution < 1.29 is 28.5 Å². The summed E-state index contributed by atoms with van der Waals surface area (Å²) >= 11 is 6.38. The van der Waals surface area contributed by atoms with Crippen LogP contribution in [-0.2, 0) is 9.47 Å². The van der Waals surface area contributed by atoms with Crippen molar-refractivity contribution in [1.29, 1.82) is 0 Å². The van der Waals surface area contributed by atoms with Gasteiger partial charge in [-0.25, -0.2) is 0 Å². The van der Waals surface area contributed by atoms with Crippen LogP contribution in [0.4, 0.5) is 0 Å². The maximum Gasteiger partial charge on any atom is 0.173 e. The highest BCUT2D eigenvalue weighted by molar-refractivity contribution is 9.09. The highest BCUT2D eigenvalue weighted by atomic mass is 79.9. The number of halogens is 2. The van der Waals surface area contributed by atoms with Crippen LogP contribution < -0.4 is 9.47 Å². The molecule has 0 aromatic heterocycles. The van der Waals surface area contributed by atoms with Gasteiger partial charge in [-0.15, -0.1) is 0 Å². The number of aryl methyl sites for hydroxylation is 4. The van der Waals surface area contributed by atoms with Gasteiger partial charge in [-0.2, -0.15) is 0 Å². The molecule has 2 aromatic carbocycles. The summed E-state index contributed by atoms with van der Waals surface area (Å²) in [6, 6.07) is 7.55. The third-order valence-electron chi connectivity index (χ3n) is 4.93. The number of ketones is 2. The number of benzene rings is 2. The molecule has 0 aliphatic heterocycles. The topological polar surface area (TPSA) is 71.1 Å². The largest absolute Gasteiger partial charge is 0.491 e.